The largest absolute Gasteiger partial charge is 0.393 e. The molecule has 1 aliphatic carbocycles. The van der Waals surface area contributed by atoms with Crippen LogP contribution >= 0.6 is 0 Å². The molecular formula is C16H22FN3O. The zero-order valence-corrected chi connectivity index (χ0v) is 12.3. The van der Waals surface area contributed by atoms with Crippen molar-refractivity contribution in [2.75, 3.05) is 13.6 Å². The van der Waals surface area contributed by atoms with E-state index in [9.17, 15) is 9.50 Å². The molecule has 1 aromatic carbocycles. The summed E-state index contributed by atoms with van der Waals surface area (Å²) >= 11 is 0. The topological polar surface area (TPSA) is 52.2 Å². The summed E-state index contributed by atoms with van der Waals surface area (Å²) < 4.78 is 13.6. The van der Waals surface area contributed by atoms with E-state index in [1.165, 1.54) is 12.5 Å². The standard InChI is InChI=1S/C16H22FN3O/c1-20(9-11-5-2-3-8-14(11)21)10-15-18-13-7-4-6-12(17)16(13)19-15/h4,6-7,11,14,21H,2-3,5,8-10H2,1H3,(H,18,19). The summed E-state index contributed by atoms with van der Waals surface area (Å²) in [7, 11) is 2.02. The van der Waals surface area contributed by atoms with Crippen molar-refractivity contribution in [3.63, 3.8) is 0 Å². The van der Waals surface area contributed by atoms with E-state index in [0.717, 1.165) is 37.1 Å². The van der Waals surface area contributed by atoms with Crippen molar-refractivity contribution in [1.29, 1.82) is 0 Å². The number of halogens is 1. The molecule has 1 saturated carbocycles. The van der Waals surface area contributed by atoms with Crippen LogP contribution in [0.15, 0.2) is 18.2 Å². The lowest BCUT2D eigenvalue weighted by Crippen LogP contribution is -2.34. The number of hydrogen-bond acceptors (Lipinski definition) is 3. The monoisotopic (exact) mass is 291 g/mol. The highest BCUT2D eigenvalue weighted by Crippen LogP contribution is 2.25. The summed E-state index contributed by atoms with van der Waals surface area (Å²) in [4.78, 5) is 9.64. The predicted octanol–water partition coefficient (Wildman–Crippen LogP) is 2.68. The van der Waals surface area contributed by atoms with E-state index >= 15 is 0 Å². The molecule has 1 aliphatic rings. The van der Waals surface area contributed by atoms with E-state index in [2.05, 4.69) is 14.9 Å². The number of fused-ring (bicyclic) bond motifs is 1. The lowest BCUT2D eigenvalue weighted by Gasteiger charge is -2.30. The lowest BCUT2D eigenvalue weighted by atomic mass is 9.86. The number of aliphatic hydroxyl groups is 1. The van der Waals surface area contributed by atoms with Crippen molar-refractivity contribution in [1.82, 2.24) is 14.9 Å². The molecule has 21 heavy (non-hydrogen) atoms. The molecule has 0 radical (unpaired) electrons. The Hall–Kier alpha value is -1.46. The fourth-order valence-electron chi connectivity index (χ4n) is 3.24. The first-order chi connectivity index (χ1) is 10.1. The molecule has 2 unspecified atom stereocenters. The Morgan fingerprint density at radius 2 is 2.19 bits per heavy atom. The van der Waals surface area contributed by atoms with Gasteiger partial charge in [-0.3, -0.25) is 4.90 Å². The van der Waals surface area contributed by atoms with E-state index in [0.29, 0.717) is 18.0 Å². The minimum atomic E-state index is -0.291. The first kappa shape index (κ1) is 14.5. The van der Waals surface area contributed by atoms with Crippen molar-refractivity contribution >= 4 is 11.0 Å². The van der Waals surface area contributed by atoms with Gasteiger partial charge < -0.3 is 10.1 Å². The van der Waals surface area contributed by atoms with Gasteiger partial charge in [0.15, 0.2) is 5.82 Å². The van der Waals surface area contributed by atoms with E-state index in [-0.39, 0.29) is 11.9 Å². The van der Waals surface area contributed by atoms with Crippen LogP contribution in [0.5, 0.6) is 0 Å². The van der Waals surface area contributed by atoms with Crippen molar-refractivity contribution in [2.45, 2.75) is 38.3 Å². The van der Waals surface area contributed by atoms with Gasteiger partial charge in [0.2, 0.25) is 0 Å². The molecule has 3 rings (SSSR count). The van der Waals surface area contributed by atoms with Gasteiger partial charge in [-0.2, -0.15) is 0 Å². The van der Waals surface area contributed by atoms with Gasteiger partial charge in [-0.25, -0.2) is 9.37 Å². The van der Waals surface area contributed by atoms with E-state index in [4.69, 9.17) is 0 Å². The Morgan fingerprint density at radius 1 is 1.38 bits per heavy atom. The van der Waals surface area contributed by atoms with E-state index < -0.39 is 0 Å². The second-order valence-electron chi connectivity index (χ2n) is 6.13. The second kappa shape index (κ2) is 6.12. The molecule has 2 atom stereocenters. The van der Waals surface area contributed by atoms with E-state index in [1.807, 2.05) is 13.1 Å². The Morgan fingerprint density at radius 3 is 2.95 bits per heavy atom. The van der Waals surface area contributed by atoms with Crippen LogP contribution in [0.2, 0.25) is 0 Å². The van der Waals surface area contributed by atoms with Gasteiger partial charge in [0.25, 0.3) is 0 Å². The van der Waals surface area contributed by atoms with Crippen LogP contribution in [0.1, 0.15) is 31.5 Å². The SMILES string of the molecule is CN(Cc1nc2c(F)cccc2[nH]1)CC1CCCCC1O. The van der Waals surface area contributed by atoms with Crippen molar-refractivity contribution < 1.29 is 9.50 Å². The Kier molecular flexibility index (Phi) is 4.22. The molecule has 1 heterocycles. The van der Waals surface area contributed by atoms with Gasteiger partial charge in [0, 0.05) is 6.54 Å². The van der Waals surface area contributed by atoms with Gasteiger partial charge >= 0.3 is 0 Å². The first-order valence-corrected chi connectivity index (χ1v) is 7.63. The van der Waals surface area contributed by atoms with Crippen molar-refractivity contribution in [3.8, 4) is 0 Å². The molecule has 0 spiro atoms. The minimum Gasteiger partial charge on any atom is -0.393 e. The number of H-pyrrole nitrogens is 1. The molecule has 0 aliphatic heterocycles. The molecule has 4 nitrogen and oxygen atoms in total. The fraction of sp³-hybridized carbons (Fsp3) is 0.562. The number of nitrogens with one attached hydrogen (secondary N) is 1. The van der Waals surface area contributed by atoms with Crippen LogP contribution in [0.4, 0.5) is 4.39 Å². The number of hydrogen-bond donors (Lipinski definition) is 2. The minimum absolute atomic E-state index is 0.186. The third kappa shape index (κ3) is 3.24. The summed E-state index contributed by atoms with van der Waals surface area (Å²) in [6.45, 7) is 1.48. The molecule has 5 heteroatoms. The Labute approximate surface area is 124 Å². The Bertz CT molecular complexity index is 613. The zero-order valence-electron chi connectivity index (χ0n) is 12.3. The summed E-state index contributed by atoms with van der Waals surface area (Å²) in [5.41, 5.74) is 1.13. The molecular weight excluding hydrogens is 269 g/mol. The highest BCUT2D eigenvalue weighted by molar-refractivity contribution is 5.75. The van der Waals surface area contributed by atoms with Crippen LogP contribution in [-0.2, 0) is 6.54 Å². The van der Waals surface area contributed by atoms with E-state index in [1.54, 1.807) is 6.07 Å². The molecule has 2 aromatic rings. The quantitative estimate of drug-likeness (QED) is 0.910. The number of para-hydroxylation sites is 1. The summed E-state index contributed by atoms with van der Waals surface area (Å²) in [5, 5.41) is 10.0. The summed E-state index contributed by atoms with van der Waals surface area (Å²) in [6.07, 6.45) is 4.14. The highest BCUT2D eigenvalue weighted by atomic mass is 19.1. The van der Waals surface area contributed by atoms with Crippen molar-refractivity contribution in [3.05, 3.63) is 29.8 Å². The molecule has 0 bridgehead atoms. The number of rotatable bonds is 4. The van der Waals surface area contributed by atoms with Crippen LogP contribution in [0, 0.1) is 11.7 Å². The maximum atomic E-state index is 13.6. The molecule has 0 saturated heterocycles. The van der Waals surface area contributed by atoms with Crippen LogP contribution in [0.3, 0.4) is 0 Å². The van der Waals surface area contributed by atoms with Crippen molar-refractivity contribution in [2.24, 2.45) is 5.92 Å². The van der Waals surface area contributed by atoms with Crippen LogP contribution in [0.25, 0.3) is 11.0 Å². The predicted molar refractivity (Wildman–Crippen MR) is 80.4 cm³/mol. The number of aromatic amines is 1. The highest BCUT2D eigenvalue weighted by Gasteiger charge is 2.24. The number of aromatic nitrogens is 2. The molecule has 0 amide bonds. The molecule has 1 aromatic heterocycles. The number of benzene rings is 1. The molecule has 114 valence electrons. The maximum Gasteiger partial charge on any atom is 0.151 e. The summed E-state index contributed by atoms with van der Waals surface area (Å²) in [6, 6.07) is 4.94. The number of imidazole rings is 1. The van der Waals surface area contributed by atoms with Gasteiger partial charge in [0.05, 0.1) is 18.2 Å². The normalized spacial score (nSPS) is 23.0. The van der Waals surface area contributed by atoms with Gasteiger partial charge in [-0.1, -0.05) is 18.9 Å². The van der Waals surface area contributed by atoms with Crippen LogP contribution < -0.4 is 0 Å². The first-order valence-electron chi connectivity index (χ1n) is 7.63. The average Bonchev–Trinajstić information content (AvgIpc) is 2.85. The second-order valence-corrected chi connectivity index (χ2v) is 6.13. The van der Waals surface area contributed by atoms with Gasteiger partial charge in [-0.15, -0.1) is 0 Å². The van der Waals surface area contributed by atoms with Gasteiger partial charge in [0.1, 0.15) is 11.3 Å². The number of nitrogens with zero attached hydrogens (tertiary/aromatic N) is 2. The van der Waals surface area contributed by atoms with Gasteiger partial charge in [-0.05, 0) is 37.9 Å². The average molecular weight is 291 g/mol. The Balaban J connectivity index is 1.65. The van der Waals surface area contributed by atoms with Crippen LogP contribution in [-0.4, -0.2) is 39.7 Å². The third-order valence-electron chi connectivity index (χ3n) is 4.35. The number of aliphatic hydroxyl groups excluding tert-OH is 1. The fourth-order valence-corrected chi connectivity index (χ4v) is 3.24. The lowest BCUT2D eigenvalue weighted by molar-refractivity contribution is 0.0498. The molecule has 2 N–H and O–H groups in total. The summed E-state index contributed by atoms with van der Waals surface area (Å²) in [5.74, 6) is 0.813. The molecule has 1 fully saturated rings. The third-order valence-corrected chi connectivity index (χ3v) is 4.35. The maximum absolute atomic E-state index is 13.6. The smallest absolute Gasteiger partial charge is 0.151 e. The zero-order chi connectivity index (χ0) is 14.8.